The Bertz CT molecular complexity index is 624. The van der Waals surface area contributed by atoms with Crippen LogP contribution in [-0.2, 0) is 6.54 Å². The van der Waals surface area contributed by atoms with E-state index < -0.39 is 0 Å². The molecule has 26 heavy (non-hydrogen) atoms. The summed E-state index contributed by atoms with van der Waals surface area (Å²) < 4.78 is 0. The number of rotatable bonds is 7. The Labute approximate surface area is 156 Å². The summed E-state index contributed by atoms with van der Waals surface area (Å²) in [5.41, 5.74) is 2.72. The minimum atomic E-state index is 0.483. The number of anilines is 1. The predicted molar refractivity (Wildman–Crippen MR) is 108 cm³/mol. The van der Waals surface area contributed by atoms with Gasteiger partial charge in [-0.3, -0.25) is 9.88 Å². The van der Waals surface area contributed by atoms with E-state index in [0.29, 0.717) is 5.69 Å². The highest BCUT2D eigenvalue weighted by Crippen LogP contribution is 2.20. The molecule has 1 saturated heterocycles. The van der Waals surface area contributed by atoms with E-state index in [-0.39, 0.29) is 0 Å². The van der Waals surface area contributed by atoms with Gasteiger partial charge in [-0.15, -0.1) is 4.91 Å². The van der Waals surface area contributed by atoms with Crippen LogP contribution in [0.25, 0.3) is 0 Å². The van der Waals surface area contributed by atoms with Crippen molar-refractivity contribution >= 4 is 11.4 Å². The smallest absolute Gasteiger partial charge is 0.108 e. The second-order valence-corrected chi connectivity index (χ2v) is 5.93. The Morgan fingerprint density at radius 1 is 1.04 bits per heavy atom. The molecule has 0 aliphatic carbocycles. The minimum absolute atomic E-state index is 0.483. The first-order valence-corrected chi connectivity index (χ1v) is 9.36. The molecule has 0 amide bonds. The number of nitrogens with one attached hydrogen (secondary N) is 1. The molecule has 1 aromatic heterocycles. The molecule has 2 heterocycles. The molecule has 0 spiro atoms. The molecule has 1 aliphatic rings. The zero-order valence-corrected chi connectivity index (χ0v) is 15.8. The van der Waals surface area contributed by atoms with Crippen molar-refractivity contribution in [3.63, 3.8) is 0 Å². The zero-order valence-electron chi connectivity index (χ0n) is 15.8. The Hall–Kier alpha value is -2.31. The molecule has 0 unspecified atom stereocenters. The van der Waals surface area contributed by atoms with Crippen LogP contribution in [0.4, 0.5) is 11.4 Å². The number of nitrogens with zero attached hydrogens (tertiary/aromatic N) is 4. The fraction of sp³-hybridized carbons (Fsp3) is 0.450. The van der Waals surface area contributed by atoms with Crippen molar-refractivity contribution in [2.45, 2.75) is 20.4 Å². The average Bonchev–Trinajstić information content (AvgIpc) is 2.74. The number of hydrogen-bond donors (Lipinski definition) is 1. The molecule has 1 N–H and O–H groups in total. The summed E-state index contributed by atoms with van der Waals surface area (Å²) >= 11 is 0. The van der Waals surface area contributed by atoms with Gasteiger partial charge < -0.3 is 10.2 Å². The van der Waals surface area contributed by atoms with E-state index in [0.717, 1.165) is 57.2 Å². The lowest BCUT2D eigenvalue weighted by Crippen LogP contribution is -2.48. The first kappa shape index (κ1) is 20.0. The molecule has 1 aliphatic heterocycles. The molecule has 3 rings (SSSR count). The maximum Gasteiger partial charge on any atom is 0.108 e. The molecule has 1 fully saturated rings. The Morgan fingerprint density at radius 2 is 1.77 bits per heavy atom. The largest absolute Gasteiger partial charge is 0.369 e. The molecule has 0 bridgehead atoms. The van der Waals surface area contributed by atoms with Crippen LogP contribution in [-0.4, -0.2) is 49.2 Å². The highest BCUT2D eigenvalue weighted by atomic mass is 16.3. The molecular formula is C20H29N5O. The second kappa shape index (κ2) is 11.3. The highest BCUT2D eigenvalue weighted by molar-refractivity contribution is 5.53. The van der Waals surface area contributed by atoms with Crippen molar-refractivity contribution < 1.29 is 0 Å². The summed E-state index contributed by atoms with van der Waals surface area (Å²) in [7, 11) is 0. The van der Waals surface area contributed by atoms with Crippen LogP contribution in [0.1, 0.15) is 19.5 Å². The summed E-state index contributed by atoms with van der Waals surface area (Å²) in [6, 6.07) is 13.5. The standard InChI is InChI=1S/C18H23N5O.C2H6/c24-21-16-4-6-18(7-5-16)23-13-11-22(12-14-23)10-9-19-15-17-3-1-2-8-20-17;1-2/h1-8,19H,9-15H2;1-2H3. The first-order chi connectivity index (χ1) is 12.8. The molecule has 0 saturated carbocycles. The van der Waals surface area contributed by atoms with E-state index in [1.165, 1.54) is 0 Å². The van der Waals surface area contributed by atoms with Gasteiger partial charge in [0.1, 0.15) is 5.69 Å². The lowest BCUT2D eigenvalue weighted by Gasteiger charge is -2.36. The van der Waals surface area contributed by atoms with Gasteiger partial charge in [0.05, 0.1) is 5.69 Å². The molecule has 0 radical (unpaired) electrons. The van der Waals surface area contributed by atoms with Crippen LogP contribution in [0, 0.1) is 4.91 Å². The predicted octanol–water partition coefficient (Wildman–Crippen LogP) is 3.42. The van der Waals surface area contributed by atoms with E-state index in [4.69, 9.17) is 0 Å². The molecule has 140 valence electrons. The van der Waals surface area contributed by atoms with Gasteiger partial charge in [-0.1, -0.05) is 19.9 Å². The summed E-state index contributed by atoms with van der Waals surface area (Å²) in [4.78, 5) is 19.6. The number of benzene rings is 1. The van der Waals surface area contributed by atoms with E-state index in [1.54, 1.807) is 12.1 Å². The van der Waals surface area contributed by atoms with Gasteiger partial charge in [-0.2, -0.15) is 0 Å². The van der Waals surface area contributed by atoms with Gasteiger partial charge >= 0.3 is 0 Å². The second-order valence-electron chi connectivity index (χ2n) is 5.93. The maximum atomic E-state index is 10.5. The van der Waals surface area contributed by atoms with E-state index in [2.05, 4.69) is 25.3 Å². The number of pyridine rings is 1. The number of nitroso groups, excluding NO2 is 1. The van der Waals surface area contributed by atoms with E-state index >= 15 is 0 Å². The fourth-order valence-electron chi connectivity index (χ4n) is 2.91. The van der Waals surface area contributed by atoms with Gasteiger partial charge in [-0.05, 0) is 41.6 Å². The maximum absolute atomic E-state index is 10.5. The summed E-state index contributed by atoms with van der Waals surface area (Å²) in [6.45, 7) is 11.0. The Balaban J connectivity index is 0.00000117. The van der Waals surface area contributed by atoms with Crippen LogP contribution in [0.15, 0.2) is 53.8 Å². The van der Waals surface area contributed by atoms with Crippen LogP contribution in [0.5, 0.6) is 0 Å². The molecule has 1 aromatic carbocycles. The molecular weight excluding hydrogens is 326 g/mol. The van der Waals surface area contributed by atoms with Gasteiger partial charge in [0, 0.05) is 57.7 Å². The summed E-state index contributed by atoms with van der Waals surface area (Å²) in [6.07, 6.45) is 1.83. The zero-order chi connectivity index (χ0) is 18.6. The monoisotopic (exact) mass is 355 g/mol. The van der Waals surface area contributed by atoms with Gasteiger partial charge in [0.2, 0.25) is 0 Å². The minimum Gasteiger partial charge on any atom is -0.369 e. The van der Waals surface area contributed by atoms with Crippen LogP contribution >= 0.6 is 0 Å². The normalized spacial score (nSPS) is 14.5. The molecule has 0 atom stereocenters. The van der Waals surface area contributed by atoms with Crippen molar-refractivity contribution in [2.24, 2.45) is 5.18 Å². The van der Waals surface area contributed by atoms with E-state index in [9.17, 15) is 4.91 Å². The van der Waals surface area contributed by atoms with Gasteiger partial charge in [0.15, 0.2) is 0 Å². The van der Waals surface area contributed by atoms with Crippen molar-refractivity contribution in [1.29, 1.82) is 0 Å². The quantitative estimate of drug-likeness (QED) is 0.609. The Morgan fingerprint density at radius 3 is 2.38 bits per heavy atom. The lowest BCUT2D eigenvalue weighted by molar-refractivity contribution is 0.257. The summed E-state index contributed by atoms with van der Waals surface area (Å²) in [5.74, 6) is 0. The lowest BCUT2D eigenvalue weighted by atomic mass is 10.2. The topological polar surface area (TPSA) is 60.8 Å². The number of piperazine rings is 1. The first-order valence-electron chi connectivity index (χ1n) is 9.36. The average molecular weight is 355 g/mol. The third-order valence-electron chi connectivity index (χ3n) is 4.33. The van der Waals surface area contributed by atoms with Crippen LogP contribution < -0.4 is 10.2 Å². The van der Waals surface area contributed by atoms with E-state index in [1.807, 2.05) is 50.4 Å². The molecule has 2 aromatic rings. The van der Waals surface area contributed by atoms with Gasteiger partial charge in [0.25, 0.3) is 0 Å². The third-order valence-corrected chi connectivity index (χ3v) is 4.33. The number of hydrogen-bond acceptors (Lipinski definition) is 6. The highest BCUT2D eigenvalue weighted by Gasteiger charge is 2.16. The summed E-state index contributed by atoms with van der Waals surface area (Å²) in [5, 5.41) is 6.39. The molecule has 6 nitrogen and oxygen atoms in total. The molecule has 6 heteroatoms. The SMILES string of the molecule is CC.O=Nc1ccc(N2CCN(CCNCc3ccccn3)CC2)cc1. The van der Waals surface area contributed by atoms with Crippen molar-refractivity contribution in [3.05, 3.63) is 59.3 Å². The Kier molecular flexibility index (Phi) is 8.72. The van der Waals surface area contributed by atoms with Crippen LogP contribution in [0.3, 0.4) is 0 Å². The van der Waals surface area contributed by atoms with Crippen molar-refractivity contribution in [1.82, 2.24) is 15.2 Å². The van der Waals surface area contributed by atoms with Crippen molar-refractivity contribution in [2.75, 3.05) is 44.2 Å². The van der Waals surface area contributed by atoms with Crippen molar-refractivity contribution in [3.8, 4) is 0 Å². The number of aromatic nitrogens is 1. The third kappa shape index (κ3) is 6.20. The fourth-order valence-corrected chi connectivity index (χ4v) is 2.91. The van der Waals surface area contributed by atoms with Crippen LogP contribution in [0.2, 0.25) is 0 Å². The van der Waals surface area contributed by atoms with Gasteiger partial charge in [-0.25, -0.2) is 0 Å².